The van der Waals surface area contributed by atoms with E-state index < -0.39 is 11.7 Å². The topological polar surface area (TPSA) is 25.2 Å². The van der Waals surface area contributed by atoms with Crippen molar-refractivity contribution >= 4 is 5.91 Å². The van der Waals surface area contributed by atoms with Crippen LogP contribution in [0.15, 0.2) is 66.9 Å². The highest BCUT2D eigenvalue weighted by atomic mass is 19.4. The van der Waals surface area contributed by atoms with E-state index in [0.717, 1.165) is 43.0 Å². The van der Waals surface area contributed by atoms with E-state index >= 15 is 0 Å². The van der Waals surface area contributed by atoms with E-state index in [4.69, 9.17) is 0 Å². The Labute approximate surface area is 192 Å². The first-order valence-electron chi connectivity index (χ1n) is 11.5. The molecule has 3 nitrogen and oxygen atoms in total. The fraction of sp³-hybridized carbons (Fsp3) is 0.370. The lowest BCUT2D eigenvalue weighted by atomic mass is 9.93. The van der Waals surface area contributed by atoms with Gasteiger partial charge in [0.15, 0.2) is 0 Å². The third-order valence-corrected chi connectivity index (χ3v) is 6.51. The molecule has 1 aliphatic carbocycles. The van der Waals surface area contributed by atoms with E-state index in [9.17, 15) is 18.0 Å². The number of rotatable bonds is 6. The second kappa shape index (κ2) is 9.86. The van der Waals surface area contributed by atoms with Crippen molar-refractivity contribution in [2.45, 2.75) is 64.3 Å². The van der Waals surface area contributed by atoms with Crippen LogP contribution in [-0.4, -0.2) is 21.4 Å². The molecule has 1 aliphatic rings. The Morgan fingerprint density at radius 1 is 1.00 bits per heavy atom. The van der Waals surface area contributed by atoms with Crippen LogP contribution in [0.2, 0.25) is 0 Å². The van der Waals surface area contributed by atoms with Crippen LogP contribution < -0.4 is 0 Å². The number of aromatic nitrogens is 1. The summed E-state index contributed by atoms with van der Waals surface area (Å²) in [6.45, 7) is 2.70. The molecule has 0 bridgehead atoms. The number of halogens is 3. The van der Waals surface area contributed by atoms with Crippen molar-refractivity contribution in [1.82, 2.24) is 9.47 Å². The summed E-state index contributed by atoms with van der Waals surface area (Å²) >= 11 is 0. The Hall–Kier alpha value is -3.02. The number of benzene rings is 2. The molecule has 0 saturated heterocycles. The van der Waals surface area contributed by atoms with E-state index in [0.29, 0.717) is 24.2 Å². The molecule has 6 heteroatoms. The minimum Gasteiger partial charge on any atom is -0.345 e. The highest BCUT2D eigenvalue weighted by molar-refractivity contribution is 5.95. The molecular weight excluding hydrogens is 425 g/mol. The number of hydrogen-bond donors (Lipinski definition) is 0. The van der Waals surface area contributed by atoms with Crippen LogP contribution in [0, 0.1) is 6.92 Å². The first kappa shape index (κ1) is 23.1. The maximum absolute atomic E-state index is 13.6. The smallest absolute Gasteiger partial charge is 0.345 e. The molecule has 3 aromatic rings. The van der Waals surface area contributed by atoms with Crippen LogP contribution in [0.1, 0.15) is 64.8 Å². The lowest BCUT2D eigenvalue weighted by Gasteiger charge is -2.35. The van der Waals surface area contributed by atoms with Crippen molar-refractivity contribution < 1.29 is 18.0 Å². The van der Waals surface area contributed by atoms with E-state index in [-0.39, 0.29) is 11.9 Å². The first-order valence-corrected chi connectivity index (χ1v) is 11.5. The van der Waals surface area contributed by atoms with Gasteiger partial charge in [-0.25, -0.2) is 0 Å². The van der Waals surface area contributed by atoms with Gasteiger partial charge in [-0.3, -0.25) is 4.79 Å². The molecule has 4 rings (SSSR count). The summed E-state index contributed by atoms with van der Waals surface area (Å²) in [4.78, 5) is 15.6. The Balaban J connectivity index is 1.60. The molecule has 1 amide bonds. The van der Waals surface area contributed by atoms with Crippen LogP contribution >= 0.6 is 0 Å². The van der Waals surface area contributed by atoms with Crippen LogP contribution in [0.4, 0.5) is 13.2 Å². The zero-order valence-electron chi connectivity index (χ0n) is 18.8. The molecule has 2 aromatic carbocycles. The third kappa shape index (κ3) is 5.49. The van der Waals surface area contributed by atoms with E-state index in [1.54, 1.807) is 6.07 Å². The summed E-state index contributed by atoms with van der Waals surface area (Å²) in [5.74, 6) is 0.0202. The second-order valence-corrected chi connectivity index (χ2v) is 8.87. The number of carbonyl (C=O) groups excluding carboxylic acids is 1. The first-order chi connectivity index (χ1) is 15.8. The zero-order valence-corrected chi connectivity index (χ0v) is 18.8. The maximum atomic E-state index is 13.6. The number of nitrogens with zero attached hydrogens (tertiary/aromatic N) is 2. The third-order valence-electron chi connectivity index (χ3n) is 6.51. The lowest BCUT2D eigenvalue weighted by molar-refractivity contribution is -0.137. The number of aryl methyl sites for hydroxylation is 1. The summed E-state index contributed by atoms with van der Waals surface area (Å²) in [6.07, 6.45) is 2.85. The summed E-state index contributed by atoms with van der Waals surface area (Å²) in [6, 6.07) is 17.1. The standard InChI is InChI=1S/C27H29F3N2O/c1-20-9-5-6-15-25(20)26(33)32(23-12-3-2-4-13-23)19-24-14-8-16-31(24)18-21-10-7-11-22(17-21)27(28,29)30/h5-11,14-17,23H,2-4,12-13,18-19H2,1H3. The van der Waals surface area contributed by atoms with Crippen LogP contribution in [-0.2, 0) is 19.3 Å². The second-order valence-electron chi connectivity index (χ2n) is 8.87. The van der Waals surface area contributed by atoms with Gasteiger partial charge in [-0.05, 0) is 61.2 Å². The van der Waals surface area contributed by atoms with Crippen molar-refractivity contribution in [3.63, 3.8) is 0 Å². The van der Waals surface area contributed by atoms with Gasteiger partial charge in [-0.15, -0.1) is 0 Å². The van der Waals surface area contributed by atoms with Gasteiger partial charge in [-0.1, -0.05) is 49.6 Å². The Morgan fingerprint density at radius 3 is 2.48 bits per heavy atom. The van der Waals surface area contributed by atoms with Crippen LogP contribution in [0.25, 0.3) is 0 Å². The minimum atomic E-state index is -4.37. The van der Waals surface area contributed by atoms with Crippen molar-refractivity contribution in [2.75, 3.05) is 0 Å². The van der Waals surface area contributed by atoms with E-state index in [1.807, 2.05) is 59.0 Å². The molecule has 1 heterocycles. The van der Waals surface area contributed by atoms with E-state index in [2.05, 4.69) is 0 Å². The van der Waals surface area contributed by atoms with Gasteiger partial charge in [0.2, 0.25) is 0 Å². The SMILES string of the molecule is Cc1ccccc1C(=O)N(Cc1cccn1Cc1cccc(C(F)(F)F)c1)C1CCCCC1. The van der Waals surface area contributed by atoms with E-state index in [1.165, 1.54) is 18.6 Å². The zero-order chi connectivity index (χ0) is 23.4. The summed E-state index contributed by atoms with van der Waals surface area (Å²) in [5, 5.41) is 0. The van der Waals surface area contributed by atoms with Gasteiger partial charge in [0.25, 0.3) is 5.91 Å². The molecule has 0 aliphatic heterocycles. The molecule has 0 unspecified atom stereocenters. The van der Waals surface area contributed by atoms with Gasteiger partial charge in [0.05, 0.1) is 12.1 Å². The van der Waals surface area contributed by atoms with Gasteiger partial charge >= 0.3 is 6.18 Å². The molecule has 1 saturated carbocycles. The Kier molecular flexibility index (Phi) is 6.91. The van der Waals surface area contributed by atoms with Crippen LogP contribution in [0.3, 0.4) is 0 Å². The fourth-order valence-electron chi connectivity index (χ4n) is 4.69. The van der Waals surface area contributed by atoms with Crippen molar-refractivity contribution in [2.24, 2.45) is 0 Å². The van der Waals surface area contributed by atoms with Gasteiger partial charge in [-0.2, -0.15) is 13.2 Å². The lowest BCUT2D eigenvalue weighted by Crippen LogP contribution is -2.41. The number of carbonyl (C=O) groups is 1. The molecule has 0 spiro atoms. The highest BCUT2D eigenvalue weighted by Gasteiger charge is 2.31. The van der Waals surface area contributed by atoms with Gasteiger partial charge in [0.1, 0.15) is 0 Å². The predicted octanol–water partition coefficient (Wildman–Crippen LogP) is 6.84. The maximum Gasteiger partial charge on any atom is 0.416 e. The molecule has 33 heavy (non-hydrogen) atoms. The molecular formula is C27H29F3N2O. The van der Waals surface area contributed by atoms with Gasteiger partial charge in [0, 0.05) is 30.0 Å². The van der Waals surface area contributed by atoms with Crippen molar-refractivity contribution in [1.29, 1.82) is 0 Å². The molecule has 0 N–H and O–H groups in total. The monoisotopic (exact) mass is 454 g/mol. The normalized spacial score (nSPS) is 14.9. The summed E-state index contributed by atoms with van der Waals surface area (Å²) in [5.41, 5.74) is 2.51. The van der Waals surface area contributed by atoms with Crippen molar-refractivity contribution in [3.05, 3.63) is 94.8 Å². The largest absolute Gasteiger partial charge is 0.416 e. The number of alkyl halides is 3. The minimum absolute atomic E-state index is 0.0202. The summed E-state index contributed by atoms with van der Waals surface area (Å²) < 4.78 is 41.3. The molecule has 1 aromatic heterocycles. The fourth-order valence-corrected chi connectivity index (χ4v) is 4.69. The molecule has 0 atom stereocenters. The number of amides is 1. The quantitative estimate of drug-likeness (QED) is 0.400. The average molecular weight is 455 g/mol. The Bertz CT molecular complexity index is 1100. The molecule has 0 radical (unpaired) electrons. The average Bonchev–Trinajstić information content (AvgIpc) is 3.24. The van der Waals surface area contributed by atoms with Gasteiger partial charge < -0.3 is 9.47 Å². The Morgan fingerprint density at radius 2 is 1.76 bits per heavy atom. The molecule has 1 fully saturated rings. The van der Waals surface area contributed by atoms with Crippen molar-refractivity contribution in [3.8, 4) is 0 Å². The number of hydrogen-bond acceptors (Lipinski definition) is 1. The highest BCUT2D eigenvalue weighted by Crippen LogP contribution is 2.30. The van der Waals surface area contributed by atoms with Crippen LogP contribution in [0.5, 0.6) is 0 Å². The predicted molar refractivity (Wildman–Crippen MR) is 123 cm³/mol. The summed E-state index contributed by atoms with van der Waals surface area (Å²) in [7, 11) is 0. The molecule has 174 valence electrons.